The van der Waals surface area contributed by atoms with Crippen molar-refractivity contribution in [1.82, 2.24) is 0 Å². The molecule has 0 saturated heterocycles. The van der Waals surface area contributed by atoms with Crippen LogP contribution >= 0.6 is 7.60 Å². The van der Waals surface area contributed by atoms with Crippen LogP contribution in [0.5, 0.6) is 0 Å². The first-order valence-corrected chi connectivity index (χ1v) is 11.4. The van der Waals surface area contributed by atoms with Gasteiger partial charge in [0.1, 0.15) is 6.16 Å². The summed E-state index contributed by atoms with van der Waals surface area (Å²) < 4.78 is 22.5. The lowest BCUT2D eigenvalue weighted by Crippen LogP contribution is -2.25. The van der Waals surface area contributed by atoms with Crippen LogP contribution in [0, 0.1) is 0 Å². The summed E-state index contributed by atoms with van der Waals surface area (Å²) in [5.41, 5.74) is 3.55. The number of anilines is 1. The van der Waals surface area contributed by atoms with Crippen LogP contribution in [0.3, 0.4) is 0 Å². The molecule has 3 rings (SSSR count). The van der Waals surface area contributed by atoms with E-state index in [-0.39, 0.29) is 11.9 Å². The lowest BCUT2D eigenvalue weighted by Gasteiger charge is -2.27. The quantitative estimate of drug-likeness (QED) is 0.316. The number of benzene rings is 3. The van der Waals surface area contributed by atoms with E-state index in [0.29, 0.717) is 18.7 Å². The highest BCUT2D eigenvalue weighted by Crippen LogP contribution is 2.47. The van der Waals surface area contributed by atoms with Crippen molar-refractivity contribution >= 4 is 19.1 Å². The Balaban J connectivity index is 1.96. The molecular formula is C24H26NO4P. The van der Waals surface area contributed by atoms with E-state index in [0.717, 1.165) is 16.8 Å². The fraction of sp³-hybridized carbons (Fsp3) is 0.208. The Morgan fingerprint density at radius 2 is 1.23 bits per heavy atom. The average Bonchev–Trinajstić information content (AvgIpc) is 2.80. The van der Waals surface area contributed by atoms with Crippen LogP contribution in [0.1, 0.15) is 21.5 Å². The van der Waals surface area contributed by atoms with Crippen LogP contribution < -0.4 is 4.90 Å². The smallest absolute Gasteiger partial charge is 0.337 e. The lowest BCUT2D eigenvalue weighted by molar-refractivity contribution is 0.101. The van der Waals surface area contributed by atoms with E-state index in [1.54, 1.807) is 6.07 Å². The molecule has 6 heteroatoms. The molecule has 3 aromatic rings. The summed E-state index contributed by atoms with van der Waals surface area (Å²) in [6.45, 7) is 1.26. The second-order valence-electron chi connectivity index (χ2n) is 6.90. The van der Waals surface area contributed by atoms with Gasteiger partial charge in [0.2, 0.25) is 0 Å². The molecule has 0 bridgehead atoms. The van der Waals surface area contributed by atoms with Crippen molar-refractivity contribution in [2.45, 2.75) is 13.1 Å². The zero-order valence-electron chi connectivity index (χ0n) is 17.2. The maximum Gasteiger partial charge on any atom is 0.337 e. The molecule has 0 atom stereocenters. The van der Waals surface area contributed by atoms with Gasteiger partial charge in [-0.15, -0.1) is 0 Å². The first-order valence-electron chi connectivity index (χ1n) is 9.70. The number of ketones is 1. The summed E-state index contributed by atoms with van der Waals surface area (Å²) in [5.74, 6) is -0.274. The standard InChI is InChI=1S/C24H26NO4P/c1-28-30(27,29-2)19-24(26)22-15-9-10-16-23(22)25(17-20-11-5-3-6-12-20)18-21-13-7-4-8-14-21/h3-16H,17-19H2,1-2H3. The van der Waals surface area contributed by atoms with Crippen molar-refractivity contribution in [3.8, 4) is 0 Å². The van der Waals surface area contributed by atoms with E-state index in [2.05, 4.69) is 29.2 Å². The molecule has 0 aliphatic heterocycles. The van der Waals surface area contributed by atoms with Crippen LogP contribution in [-0.4, -0.2) is 26.2 Å². The third-order valence-electron chi connectivity index (χ3n) is 4.87. The molecule has 0 radical (unpaired) electrons. The second kappa shape index (κ2) is 10.4. The van der Waals surface area contributed by atoms with Gasteiger partial charge >= 0.3 is 7.60 Å². The summed E-state index contributed by atoms with van der Waals surface area (Å²) >= 11 is 0. The lowest BCUT2D eigenvalue weighted by atomic mass is 10.1. The van der Waals surface area contributed by atoms with Crippen LogP contribution in [-0.2, 0) is 26.7 Å². The van der Waals surface area contributed by atoms with Gasteiger partial charge in [-0.2, -0.15) is 0 Å². The van der Waals surface area contributed by atoms with Crippen molar-refractivity contribution in [3.05, 3.63) is 102 Å². The van der Waals surface area contributed by atoms with E-state index < -0.39 is 7.60 Å². The molecule has 0 aromatic heterocycles. The highest BCUT2D eigenvalue weighted by molar-refractivity contribution is 7.54. The number of rotatable bonds is 10. The average molecular weight is 423 g/mol. The van der Waals surface area contributed by atoms with E-state index in [1.807, 2.05) is 54.6 Å². The first-order chi connectivity index (χ1) is 14.5. The predicted molar refractivity (Wildman–Crippen MR) is 120 cm³/mol. The van der Waals surface area contributed by atoms with Gasteiger partial charge in [0.25, 0.3) is 0 Å². The number of nitrogens with zero attached hydrogens (tertiary/aromatic N) is 1. The fourth-order valence-electron chi connectivity index (χ4n) is 3.28. The third-order valence-corrected chi connectivity index (χ3v) is 6.66. The van der Waals surface area contributed by atoms with Gasteiger partial charge in [-0.3, -0.25) is 9.36 Å². The molecule has 0 spiro atoms. The minimum absolute atomic E-state index is 0.274. The molecule has 3 aromatic carbocycles. The van der Waals surface area contributed by atoms with Crippen molar-refractivity contribution in [1.29, 1.82) is 0 Å². The van der Waals surface area contributed by atoms with E-state index in [9.17, 15) is 9.36 Å². The Morgan fingerprint density at radius 1 is 0.767 bits per heavy atom. The summed E-state index contributed by atoms with van der Waals surface area (Å²) in [4.78, 5) is 15.2. The summed E-state index contributed by atoms with van der Waals surface area (Å²) in [5, 5.41) is 0. The number of Topliss-reactive ketones (excluding diaryl/α,β-unsaturated/α-hetero) is 1. The first kappa shape index (κ1) is 22.0. The van der Waals surface area contributed by atoms with Gasteiger partial charge in [-0.1, -0.05) is 72.8 Å². The van der Waals surface area contributed by atoms with Crippen LogP contribution in [0.2, 0.25) is 0 Å². The minimum atomic E-state index is -3.45. The van der Waals surface area contributed by atoms with Crippen LogP contribution in [0.25, 0.3) is 0 Å². The number of carbonyl (C=O) groups excluding carboxylic acids is 1. The van der Waals surface area contributed by atoms with Gasteiger partial charge in [0.05, 0.1) is 0 Å². The van der Waals surface area contributed by atoms with Gasteiger partial charge in [0, 0.05) is 38.6 Å². The largest absolute Gasteiger partial charge is 0.362 e. The highest BCUT2D eigenvalue weighted by Gasteiger charge is 2.28. The zero-order valence-corrected chi connectivity index (χ0v) is 18.1. The van der Waals surface area contributed by atoms with Gasteiger partial charge in [-0.25, -0.2) is 0 Å². The van der Waals surface area contributed by atoms with Crippen LogP contribution in [0.15, 0.2) is 84.9 Å². The van der Waals surface area contributed by atoms with Crippen molar-refractivity contribution in [3.63, 3.8) is 0 Å². The molecule has 0 aliphatic carbocycles. The molecule has 0 aliphatic rings. The Labute approximate surface area is 177 Å². The van der Waals surface area contributed by atoms with E-state index in [1.165, 1.54) is 14.2 Å². The highest BCUT2D eigenvalue weighted by atomic mass is 31.2. The molecule has 0 heterocycles. The zero-order chi connectivity index (χ0) is 21.4. The number of carbonyl (C=O) groups is 1. The Bertz CT molecular complexity index is 958. The topological polar surface area (TPSA) is 55.8 Å². The Hall–Kier alpha value is -2.72. The van der Waals surface area contributed by atoms with Gasteiger partial charge in [0.15, 0.2) is 5.78 Å². The van der Waals surface area contributed by atoms with Crippen molar-refractivity contribution in [2.75, 3.05) is 25.3 Å². The Morgan fingerprint density at radius 3 is 1.73 bits per heavy atom. The normalized spacial score (nSPS) is 11.3. The fourth-order valence-corrected chi connectivity index (χ4v) is 4.21. The maximum atomic E-state index is 13.0. The summed E-state index contributed by atoms with van der Waals surface area (Å²) in [6.07, 6.45) is -0.304. The Kier molecular flexibility index (Phi) is 7.58. The van der Waals surface area contributed by atoms with E-state index >= 15 is 0 Å². The second-order valence-corrected chi connectivity index (χ2v) is 9.17. The van der Waals surface area contributed by atoms with Crippen molar-refractivity contribution < 1.29 is 18.4 Å². The molecule has 0 amide bonds. The SMILES string of the molecule is COP(=O)(CC(=O)c1ccccc1N(Cc1ccccc1)Cc1ccccc1)OC. The molecular weight excluding hydrogens is 397 g/mol. The van der Waals surface area contributed by atoms with Gasteiger partial charge < -0.3 is 13.9 Å². The van der Waals surface area contributed by atoms with Crippen LogP contribution in [0.4, 0.5) is 5.69 Å². The summed E-state index contributed by atoms with van der Waals surface area (Å²) in [7, 11) is -0.869. The maximum absolute atomic E-state index is 13.0. The molecule has 0 unspecified atom stereocenters. The minimum Gasteiger partial charge on any atom is -0.362 e. The third kappa shape index (κ3) is 5.67. The number of para-hydroxylation sites is 1. The molecule has 0 saturated carbocycles. The number of hydrogen-bond acceptors (Lipinski definition) is 5. The summed E-state index contributed by atoms with van der Waals surface area (Å²) in [6, 6.07) is 27.6. The predicted octanol–water partition coefficient (Wildman–Crippen LogP) is 5.56. The van der Waals surface area contributed by atoms with Crippen molar-refractivity contribution in [2.24, 2.45) is 0 Å². The molecule has 0 N–H and O–H groups in total. The monoisotopic (exact) mass is 423 g/mol. The molecule has 0 fully saturated rings. The molecule has 5 nitrogen and oxygen atoms in total. The van der Waals surface area contributed by atoms with Gasteiger partial charge in [-0.05, 0) is 23.3 Å². The molecule has 30 heavy (non-hydrogen) atoms. The molecule has 156 valence electrons. The van der Waals surface area contributed by atoms with E-state index in [4.69, 9.17) is 9.05 Å². The number of hydrogen-bond donors (Lipinski definition) is 0.